The van der Waals surface area contributed by atoms with Crippen LogP contribution >= 0.6 is 11.8 Å². The molecule has 2 N–H and O–H groups in total. The molecule has 2 fully saturated rings. The zero-order chi connectivity index (χ0) is 19.5. The first-order valence-corrected chi connectivity index (χ1v) is 11.1. The van der Waals surface area contributed by atoms with E-state index in [2.05, 4.69) is 34.7 Å². The number of Topliss-reactive ketones (excluding diaryl/α,β-unsaturated/α-hetero) is 1. The maximum atomic E-state index is 13.0. The van der Waals surface area contributed by atoms with E-state index in [4.69, 9.17) is 5.21 Å². The molecule has 1 unspecified atom stereocenters. The molecular formula is C21H27N3O3S. The highest BCUT2D eigenvalue weighted by Crippen LogP contribution is 2.32. The van der Waals surface area contributed by atoms with Crippen LogP contribution in [-0.4, -0.2) is 57.8 Å². The van der Waals surface area contributed by atoms with E-state index < -0.39 is 6.04 Å². The topological polar surface area (TPSA) is 82.0 Å². The lowest BCUT2D eigenvalue weighted by Gasteiger charge is -2.27. The minimum atomic E-state index is -0.467. The van der Waals surface area contributed by atoms with E-state index >= 15 is 0 Å². The smallest absolute Gasteiger partial charge is 0.241 e. The van der Waals surface area contributed by atoms with Gasteiger partial charge in [-0.05, 0) is 49.1 Å². The Morgan fingerprint density at radius 3 is 2.75 bits per heavy atom. The van der Waals surface area contributed by atoms with Gasteiger partial charge in [-0.2, -0.15) is 0 Å². The molecule has 1 aromatic carbocycles. The van der Waals surface area contributed by atoms with Crippen LogP contribution in [-0.2, 0) is 22.4 Å². The Kier molecular flexibility index (Phi) is 6.01. The fourth-order valence-electron chi connectivity index (χ4n) is 4.75. The number of hydrogen-bond acceptors (Lipinski definition) is 6. The van der Waals surface area contributed by atoms with E-state index in [0.29, 0.717) is 24.8 Å². The first-order chi connectivity index (χ1) is 13.7. The number of oxime groups is 1. The lowest BCUT2D eigenvalue weighted by molar-refractivity contribution is -0.134. The van der Waals surface area contributed by atoms with Gasteiger partial charge in [-0.25, -0.2) is 0 Å². The van der Waals surface area contributed by atoms with Gasteiger partial charge in [0.1, 0.15) is 11.8 Å². The number of ketones is 1. The monoisotopic (exact) mass is 401 g/mol. The van der Waals surface area contributed by atoms with Gasteiger partial charge in [-0.1, -0.05) is 29.4 Å². The van der Waals surface area contributed by atoms with Crippen molar-refractivity contribution in [2.24, 2.45) is 11.1 Å². The third-order valence-corrected chi connectivity index (χ3v) is 7.44. The average Bonchev–Trinajstić information content (AvgIpc) is 3.44. The summed E-state index contributed by atoms with van der Waals surface area (Å²) < 4.78 is 0. The van der Waals surface area contributed by atoms with Crippen molar-refractivity contribution in [2.45, 2.75) is 55.9 Å². The highest BCUT2D eigenvalue weighted by atomic mass is 32.2. The molecule has 6 nitrogen and oxygen atoms in total. The van der Waals surface area contributed by atoms with E-state index in [1.54, 1.807) is 4.90 Å². The van der Waals surface area contributed by atoms with Crippen molar-refractivity contribution >= 4 is 29.7 Å². The molecule has 2 saturated heterocycles. The van der Waals surface area contributed by atoms with Gasteiger partial charge in [0.2, 0.25) is 5.91 Å². The van der Waals surface area contributed by atoms with Crippen molar-refractivity contribution in [2.75, 3.05) is 12.4 Å². The summed E-state index contributed by atoms with van der Waals surface area (Å²) in [5.41, 5.74) is 2.83. The molecule has 4 rings (SSSR count). The van der Waals surface area contributed by atoms with Gasteiger partial charge in [0.05, 0.1) is 17.5 Å². The Balaban J connectivity index is 1.33. The van der Waals surface area contributed by atoms with Crippen molar-refractivity contribution in [3.05, 3.63) is 35.4 Å². The number of hydrogen-bond donors (Lipinski definition) is 2. The van der Waals surface area contributed by atoms with Crippen LogP contribution in [0.15, 0.2) is 29.4 Å². The van der Waals surface area contributed by atoms with Gasteiger partial charge in [0.15, 0.2) is 0 Å². The van der Waals surface area contributed by atoms with Gasteiger partial charge in [0, 0.05) is 18.8 Å². The molecule has 1 aromatic rings. The fourth-order valence-corrected chi connectivity index (χ4v) is 5.91. The lowest BCUT2D eigenvalue weighted by Crippen LogP contribution is -2.51. The van der Waals surface area contributed by atoms with Crippen LogP contribution in [0.3, 0.4) is 0 Å². The highest BCUT2D eigenvalue weighted by molar-refractivity contribution is 8.00. The minimum Gasteiger partial charge on any atom is -0.411 e. The van der Waals surface area contributed by atoms with E-state index in [0.717, 1.165) is 32.1 Å². The Bertz CT molecular complexity index is 744. The second kappa shape index (κ2) is 8.66. The standard InChI is InChI=1S/C21H27N3O3S/c25-18(8-7-14-10-15-4-1-2-5-16(15)11-14)20-19(22-13-28-20)21(26)24-9-3-6-17(24)12-23-27/h1-2,4-5,12,14,17,19-20,22,27H,3,6-11,13H2/t17-,19-,20?/m0/s1. The number of carbonyl (C=O) groups is 2. The molecule has 3 atom stereocenters. The molecule has 7 heteroatoms. The quantitative estimate of drug-likeness (QED) is 0.434. The number of benzene rings is 1. The Hall–Kier alpha value is -1.86. The lowest BCUT2D eigenvalue weighted by atomic mass is 9.96. The number of fused-ring (bicyclic) bond motifs is 1. The van der Waals surface area contributed by atoms with Gasteiger partial charge in [-0.15, -0.1) is 11.8 Å². The summed E-state index contributed by atoms with van der Waals surface area (Å²) in [6.45, 7) is 0.652. The molecule has 1 aliphatic carbocycles. The number of carbonyl (C=O) groups excluding carboxylic acids is 2. The van der Waals surface area contributed by atoms with Crippen LogP contribution in [0.25, 0.3) is 0 Å². The van der Waals surface area contributed by atoms with Crippen LogP contribution < -0.4 is 5.32 Å². The van der Waals surface area contributed by atoms with Crippen LogP contribution in [0.2, 0.25) is 0 Å². The normalized spacial score (nSPS) is 27.6. The van der Waals surface area contributed by atoms with Gasteiger partial charge < -0.3 is 10.1 Å². The van der Waals surface area contributed by atoms with Crippen LogP contribution in [0, 0.1) is 5.92 Å². The first kappa shape index (κ1) is 19.5. The van der Waals surface area contributed by atoms with Crippen LogP contribution in [0.1, 0.15) is 36.8 Å². The van der Waals surface area contributed by atoms with Crippen molar-refractivity contribution in [1.29, 1.82) is 0 Å². The molecule has 28 heavy (non-hydrogen) atoms. The molecule has 2 heterocycles. The average molecular weight is 402 g/mol. The van der Waals surface area contributed by atoms with Gasteiger partial charge >= 0.3 is 0 Å². The van der Waals surface area contributed by atoms with Crippen molar-refractivity contribution in [3.63, 3.8) is 0 Å². The summed E-state index contributed by atoms with van der Waals surface area (Å²) in [6.07, 6.45) is 6.63. The molecule has 0 spiro atoms. The number of nitrogens with one attached hydrogen (secondary N) is 1. The van der Waals surface area contributed by atoms with Gasteiger partial charge in [0.25, 0.3) is 0 Å². The largest absolute Gasteiger partial charge is 0.411 e. The second-order valence-corrected chi connectivity index (χ2v) is 9.10. The van der Waals surface area contributed by atoms with Crippen molar-refractivity contribution in [1.82, 2.24) is 10.2 Å². The molecule has 0 radical (unpaired) electrons. The predicted octanol–water partition coefficient (Wildman–Crippen LogP) is 2.23. The maximum absolute atomic E-state index is 13.0. The summed E-state index contributed by atoms with van der Waals surface area (Å²) in [6, 6.07) is 7.89. The number of nitrogens with zero attached hydrogens (tertiary/aromatic N) is 2. The molecule has 150 valence electrons. The Labute approximate surface area is 169 Å². The zero-order valence-electron chi connectivity index (χ0n) is 15.9. The molecular weight excluding hydrogens is 374 g/mol. The summed E-state index contributed by atoms with van der Waals surface area (Å²) in [5, 5.41) is 14.8. The number of rotatable bonds is 6. The summed E-state index contributed by atoms with van der Waals surface area (Å²) >= 11 is 1.54. The third kappa shape index (κ3) is 3.96. The summed E-state index contributed by atoms with van der Waals surface area (Å²) in [4.78, 5) is 27.7. The van der Waals surface area contributed by atoms with E-state index in [1.807, 2.05) is 0 Å². The number of likely N-dealkylation sites (tertiary alicyclic amines) is 1. The fraction of sp³-hybridized carbons (Fsp3) is 0.571. The number of thioether (sulfide) groups is 1. The maximum Gasteiger partial charge on any atom is 0.241 e. The Morgan fingerprint density at radius 1 is 1.29 bits per heavy atom. The van der Waals surface area contributed by atoms with E-state index in [9.17, 15) is 9.59 Å². The second-order valence-electron chi connectivity index (χ2n) is 7.97. The van der Waals surface area contributed by atoms with Crippen molar-refractivity contribution < 1.29 is 14.8 Å². The van der Waals surface area contributed by atoms with Crippen LogP contribution in [0.4, 0.5) is 0 Å². The molecule has 2 aliphatic heterocycles. The molecule has 1 amide bonds. The molecule has 0 bridgehead atoms. The molecule has 0 saturated carbocycles. The minimum absolute atomic E-state index is 0.0426. The molecule has 0 aromatic heterocycles. The third-order valence-electron chi connectivity index (χ3n) is 6.21. The zero-order valence-corrected chi connectivity index (χ0v) is 16.7. The summed E-state index contributed by atoms with van der Waals surface area (Å²) in [5.74, 6) is 1.28. The van der Waals surface area contributed by atoms with Crippen LogP contribution in [0.5, 0.6) is 0 Å². The molecule has 3 aliphatic rings. The summed E-state index contributed by atoms with van der Waals surface area (Å²) in [7, 11) is 0. The highest BCUT2D eigenvalue weighted by Gasteiger charge is 2.42. The van der Waals surface area contributed by atoms with Crippen molar-refractivity contribution in [3.8, 4) is 0 Å². The SMILES string of the molecule is O=C(CCC1Cc2ccccc2C1)C1SCN[C@@H]1C(=O)N1CCC[C@H]1C=NO. The van der Waals surface area contributed by atoms with Gasteiger partial charge in [-0.3, -0.25) is 14.9 Å². The predicted molar refractivity (Wildman–Crippen MR) is 110 cm³/mol. The van der Waals surface area contributed by atoms with E-state index in [-0.39, 0.29) is 23.0 Å². The first-order valence-electron chi connectivity index (χ1n) is 10.1. The number of amides is 1. The van der Waals surface area contributed by atoms with E-state index in [1.165, 1.54) is 29.1 Å². The Morgan fingerprint density at radius 2 is 2.04 bits per heavy atom.